The number of sulfone groups is 1. The topological polar surface area (TPSA) is 169 Å². The van der Waals surface area contributed by atoms with Crippen LogP contribution in [0.4, 0.5) is 24.5 Å². The Morgan fingerprint density at radius 1 is 0.787 bits per heavy atom. The number of rotatable bonds is 19. The molecule has 1 aliphatic carbocycles. The van der Waals surface area contributed by atoms with E-state index >= 15 is 0 Å². The van der Waals surface area contributed by atoms with E-state index in [0.29, 0.717) is 62.3 Å². The van der Waals surface area contributed by atoms with Crippen LogP contribution in [0.25, 0.3) is 5.57 Å². The molecule has 1 unspecified atom stereocenters. The van der Waals surface area contributed by atoms with E-state index in [2.05, 4.69) is 56.2 Å². The van der Waals surface area contributed by atoms with Gasteiger partial charge in [-0.05, 0) is 127 Å². The second-order valence-electron chi connectivity index (χ2n) is 21.9. The first-order valence-electron chi connectivity index (χ1n) is 27.0. The summed E-state index contributed by atoms with van der Waals surface area (Å²) in [5.74, 6) is -1.65. The second kappa shape index (κ2) is 25.2. The highest BCUT2D eigenvalue weighted by Crippen LogP contribution is 2.43. The molecular formula is C59H67ClF3N7O7S3. The first-order valence-corrected chi connectivity index (χ1v) is 31.3. The largest absolute Gasteiger partial charge is 0.501 e. The Kier molecular flexibility index (Phi) is 18.5. The van der Waals surface area contributed by atoms with Gasteiger partial charge >= 0.3 is 5.51 Å². The fourth-order valence-electron chi connectivity index (χ4n) is 11.0. The van der Waals surface area contributed by atoms with Gasteiger partial charge in [0.05, 0.1) is 16.5 Å². The molecule has 2 atom stereocenters. The second-order valence-corrected chi connectivity index (χ2v) is 27.0. The number of carbonyl (C=O) groups excluding carboxylic acids is 3. The molecular weight excluding hydrogens is 1110 g/mol. The van der Waals surface area contributed by atoms with Gasteiger partial charge in [-0.1, -0.05) is 85.6 Å². The molecule has 9 rings (SSSR count). The van der Waals surface area contributed by atoms with Crippen molar-refractivity contribution in [2.24, 2.45) is 5.41 Å². The van der Waals surface area contributed by atoms with Crippen LogP contribution in [0.1, 0.15) is 85.3 Å². The monoisotopic (exact) mass is 1170 g/mol. The standard InChI is InChI=1S/C59H67ClF3N7O7S3/c1-58(2)25-23-51(42-11-15-46(60)16-12-42)45(37-58)39-69-31-33-70(34-32-69)48-17-13-43(14-18-48)56(72)66-80(76,77)50-19-21-53(54(36-50)79(74,75)59(61,62)63)64-47(40-78-49-9-4-3-5-10-49)24-26-67-27-29-68(30-28-67)38-41-7-6-8-44(35-41)52-20-22-55(71)65-57(52)73/h3-19,21,35-36,47,52,64H,20,22-34,37-40H2,1-2H3,(H,66,72)(H,65,71,73)/t47-,52?/m1/s1. The summed E-state index contributed by atoms with van der Waals surface area (Å²) in [6, 6.07) is 33.5. The zero-order valence-electron chi connectivity index (χ0n) is 44.8. The lowest BCUT2D eigenvalue weighted by Gasteiger charge is -2.39. The molecule has 5 aromatic rings. The average Bonchev–Trinajstić information content (AvgIpc) is 3.43. The minimum absolute atomic E-state index is 0.0176. The summed E-state index contributed by atoms with van der Waals surface area (Å²) in [5.41, 5.74) is 0.751. The van der Waals surface area contributed by atoms with Crippen molar-refractivity contribution < 1.29 is 44.4 Å². The van der Waals surface area contributed by atoms with E-state index in [1.165, 1.54) is 40.6 Å². The molecule has 14 nitrogen and oxygen atoms in total. The van der Waals surface area contributed by atoms with E-state index in [4.69, 9.17) is 11.6 Å². The molecule has 0 aromatic heterocycles. The predicted molar refractivity (Wildman–Crippen MR) is 308 cm³/mol. The van der Waals surface area contributed by atoms with Crippen molar-refractivity contribution in [1.29, 1.82) is 0 Å². The van der Waals surface area contributed by atoms with Crippen LogP contribution in [0.3, 0.4) is 0 Å². The fraction of sp³-hybridized carbons (Fsp3) is 0.407. The molecule has 3 aliphatic heterocycles. The Morgan fingerprint density at radius 2 is 1.46 bits per heavy atom. The van der Waals surface area contributed by atoms with Crippen molar-refractivity contribution in [3.8, 4) is 0 Å². The summed E-state index contributed by atoms with van der Waals surface area (Å²) in [6.45, 7) is 12.5. The third-order valence-corrected chi connectivity index (χ3v) is 19.8. The maximum atomic E-state index is 14.5. The molecule has 3 saturated heterocycles. The molecule has 0 saturated carbocycles. The SMILES string of the molecule is CC1(C)CCC(c2ccc(Cl)cc2)=C(CN2CCN(c3ccc(C(=O)NS(=O)(=O)c4ccc(N[C@H](CCN5CCN(Cc6cccc(C7CCC(=O)NC7=O)c6)CC5)CSc5ccccc5)c(S(=O)(=O)C(F)(F)F)c4)cc3)CC2)C1. The third kappa shape index (κ3) is 14.8. The molecule has 3 heterocycles. The Hall–Kier alpha value is -5.74. The number of piperazine rings is 2. The highest BCUT2D eigenvalue weighted by Gasteiger charge is 2.48. The van der Waals surface area contributed by atoms with Crippen LogP contribution in [0, 0.1) is 5.41 Å². The van der Waals surface area contributed by atoms with Gasteiger partial charge in [0, 0.05) is 111 Å². The number of allylic oxidation sites excluding steroid dienone is 1. The Balaban J connectivity index is 0.833. The van der Waals surface area contributed by atoms with Crippen molar-refractivity contribution in [2.75, 3.05) is 81.4 Å². The van der Waals surface area contributed by atoms with E-state index in [9.17, 15) is 44.4 Å². The number of imide groups is 1. The number of alkyl halides is 3. The van der Waals surface area contributed by atoms with Crippen LogP contribution in [0.15, 0.2) is 142 Å². The summed E-state index contributed by atoms with van der Waals surface area (Å²) in [4.78, 5) is 45.7. The number of piperidine rings is 1. The smallest absolute Gasteiger partial charge is 0.380 e. The number of hydrogen-bond acceptors (Lipinski definition) is 13. The molecule has 21 heteroatoms. The van der Waals surface area contributed by atoms with Gasteiger partial charge in [-0.3, -0.25) is 29.5 Å². The minimum Gasteiger partial charge on any atom is -0.380 e. The van der Waals surface area contributed by atoms with Crippen molar-refractivity contribution in [1.82, 2.24) is 24.7 Å². The molecule has 0 spiro atoms. The summed E-state index contributed by atoms with van der Waals surface area (Å²) in [7, 11) is -11.0. The number of halogens is 4. The summed E-state index contributed by atoms with van der Waals surface area (Å²) in [6.07, 6.45) is 4.27. The maximum absolute atomic E-state index is 14.5. The van der Waals surface area contributed by atoms with Gasteiger partial charge in [0.1, 0.15) is 4.90 Å². The highest BCUT2D eigenvalue weighted by atomic mass is 35.5. The quantitative estimate of drug-likeness (QED) is 0.0529. The van der Waals surface area contributed by atoms with Crippen LogP contribution < -0.4 is 20.3 Å². The average molecular weight is 1170 g/mol. The van der Waals surface area contributed by atoms with Gasteiger partial charge in [-0.2, -0.15) is 13.2 Å². The number of carbonyl (C=O) groups is 3. The number of sulfonamides is 1. The minimum atomic E-state index is -6.12. The van der Waals surface area contributed by atoms with Crippen LogP contribution in [0.2, 0.25) is 5.02 Å². The van der Waals surface area contributed by atoms with Gasteiger partial charge < -0.3 is 15.1 Å². The Labute approximate surface area is 476 Å². The van der Waals surface area contributed by atoms with Crippen molar-refractivity contribution in [3.63, 3.8) is 0 Å². The number of amides is 3. The molecule has 0 radical (unpaired) electrons. The number of nitrogens with zero attached hydrogens (tertiary/aromatic N) is 4. The Bertz CT molecular complexity index is 3300. The predicted octanol–water partition coefficient (Wildman–Crippen LogP) is 9.84. The number of nitrogens with one attached hydrogen (secondary N) is 3. The van der Waals surface area contributed by atoms with Crippen molar-refractivity contribution >= 4 is 77.9 Å². The van der Waals surface area contributed by atoms with Crippen molar-refractivity contribution in [2.45, 2.75) is 91.1 Å². The normalized spacial score (nSPS) is 19.4. The zero-order chi connectivity index (χ0) is 56.8. The lowest BCUT2D eigenvalue weighted by atomic mass is 9.73. The molecule has 3 N–H and O–H groups in total. The first-order chi connectivity index (χ1) is 38.1. The molecule has 5 aromatic carbocycles. The van der Waals surface area contributed by atoms with E-state index in [1.807, 2.05) is 71.5 Å². The highest BCUT2D eigenvalue weighted by molar-refractivity contribution is 7.99. The lowest BCUT2D eigenvalue weighted by molar-refractivity contribution is -0.134. The maximum Gasteiger partial charge on any atom is 0.501 e. The van der Waals surface area contributed by atoms with Crippen LogP contribution in [-0.4, -0.2) is 132 Å². The first kappa shape index (κ1) is 58.9. The van der Waals surface area contributed by atoms with Gasteiger partial charge in [-0.15, -0.1) is 11.8 Å². The van der Waals surface area contributed by atoms with Gasteiger partial charge in [-0.25, -0.2) is 21.6 Å². The number of benzene rings is 5. The van der Waals surface area contributed by atoms with Crippen LogP contribution in [0.5, 0.6) is 0 Å². The van der Waals surface area contributed by atoms with Crippen molar-refractivity contribution in [3.05, 3.63) is 154 Å². The molecule has 426 valence electrons. The molecule has 0 bridgehead atoms. The van der Waals surface area contributed by atoms with Gasteiger partial charge in [0.15, 0.2) is 0 Å². The van der Waals surface area contributed by atoms with Crippen LogP contribution >= 0.6 is 23.4 Å². The lowest BCUT2D eigenvalue weighted by Crippen LogP contribution is -2.47. The molecule has 80 heavy (non-hydrogen) atoms. The zero-order valence-corrected chi connectivity index (χ0v) is 48.0. The van der Waals surface area contributed by atoms with E-state index in [-0.39, 0.29) is 28.7 Å². The van der Waals surface area contributed by atoms with E-state index in [1.54, 1.807) is 12.1 Å². The third-order valence-electron chi connectivity index (χ3n) is 15.5. The summed E-state index contributed by atoms with van der Waals surface area (Å²) < 4.78 is 99.5. The fourth-order valence-corrected chi connectivity index (χ4v) is 14.2. The number of anilines is 2. The summed E-state index contributed by atoms with van der Waals surface area (Å²) in [5, 5.41) is 6.18. The van der Waals surface area contributed by atoms with E-state index in [0.717, 1.165) is 98.9 Å². The molecule has 4 aliphatic rings. The van der Waals surface area contributed by atoms with Gasteiger partial charge in [0.25, 0.3) is 25.8 Å². The van der Waals surface area contributed by atoms with E-state index < -0.39 is 52.8 Å². The number of thioether (sulfide) groups is 1. The van der Waals surface area contributed by atoms with Gasteiger partial charge in [0.2, 0.25) is 11.8 Å². The summed E-state index contributed by atoms with van der Waals surface area (Å²) >= 11 is 7.65. The molecule has 3 fully saturated rings. The number of hydrogen-bond donors (Lipinski definition) is 3. The molecule has 3 amide bonds. The van der Waals surface area contributed by atoms with Crippen LogP contribution in [-0.2, 0) is 36.0 Å². The Morgan fingerprint density at radius 3 is 2.15 bits per heavy atom.